The van der Waals surface area contributed by atoms with E-state index >= 15 is 0 Å². The molecule has 0 aliphatic carbocycles. The van der Waals surface area contributed by atoms with Crippen LogP contribution in [-0.4, -0.2) is 62.0 Å². The van der Waals surface area contributed by atoms with Crippen LogP contribution < -0.4 is 20.5 Å². The summed E-state index contributed by atoms with van der Waals surface area (Å²) in [5.74, 6) is -0.946. The molecule has 1 aromatic heterocycles. The van der Waals surface area contributed by atoms with Gasteiger partial charge >= 0.3 is 0 Å². The Morgan fingerprint density at radius 1 is 1.32 bits per heavy atom. The summed E-state index contributed by atoms with van der Waals surface area (Å²) in [5, 5.41) is 11.7. The van der Waals surface area contributed by atoms with Gasteiger partial charge in [-0.1, -0.05) is 0 Å². The molecular formula is C20H28FN4O3+. The number of hydrogen-bond donors (Lipinski definition) is 3. The van der Waals surface area contributed by atoms with Gasteiger partial charge in [-0.3, -0.25) is 9.59 Å². The molecule has 0 saturated carbocycles. The van der Waals surface area contributed by atoms with Gasteiger partial charge in [-0.15, -0.1) is 0 Å². The lowest BCUT2D eigenvalue weighted by molar-refractivity contribution is -0.880. The number of benzene rings is 1. The molecule has 1 aromatic carbocycles. The van der Waals surface area contributed by atoms with Crippen LogP contribution in [0.25, 0.3) is 10.9 Å². The standard InChI is InChI=1S/C20H27FN4O3/c1-3-24-13-15(20(28)22-5-4-10-26)19(27)14-11-16(21)18(12-17(14)24)25-8-6-23(2)7-9-25/h11-13,26H,3-10H2,1-2H3,(H,22,28)/p+1. The maximum Gasteiger partial charge on any atom is 0.256 e. The number of quaternary nitrogens is 1. The Hall–Kier alpha value is -2.45. The highest BCUT2D eigenvalue weighted by Crippen LogP contribution is 2.25. The number of halogens is 1. The van der Waals surface area contributed by atoms with Crippen molar-refractivity contribution in [2.45, 2.75) is 19.9 Å². The lowest BCUT2D eigenvalue weighted by Crippen LogP contribution is -3.12. The number of fused-ring (bicyclic) bond motifs is 1. The molecule has 1 aliphatic heterocycles. The number of carbonyl (C=O) groups excluding carboxylic acids is 1. The Morgan fingerprint density at radius 3 is 2.68 bits per heavy atom. The van der Waals surface area contributed by atoms with Gasteiger partial charge in [-0.05, 0) is 25.5 Å². The van der Waals surface area contributed by atoms with Crippen molar-refractivity contribution in [1.82, 2.24) is 9.88 Å². The molecule has 0 bridgehead atoms. The summed E-state index contributed by atoms with van der Waals surface area (Å²) in [6.45, 7) is 6.09. The number of aromatic nitrogens is 1. The Bertz CT molecular complexity index is 920. The minimum absolute atomic E-state index is 0.0114. The van der Waals surface area contributed by atoms with Crippen molar-refractivity contribution in [3.05, 3.63) is 39.9 Å². The van der Waals surface area contributed by atoms with Crippen LogP contribution in [0.4, 0.5) is 10.1 Å². The second kappa shape index (κ2) is 8.70. The van der Waals surface area contributed by atoms with E-state index < -0.39 is 17.2 Å². The van der Waals surface area contributed by atoms with Crippen molar-refractivity contribution in [1.29, 1.82) is 0 Å². The van der Waals surface area contributed by atoms with Crippen molar-refractivity contribution in [3.63, 3.8) is 0 Å². The van der Waals surface area contributed by atoms with Gasteiger partial charge in [0.1, 0.15) is 11.4 Å². The first-order chi connectivity index (χ1) is 13.5. The zero-order chi connectivity index (χ0) is 20.3. The maximum absolute atomic E-state index is 14.9. The molecule has 1 aliphatic rings. The Labute approximate surface area is 163 Å². The predicted octanol–water partition coefficient (Wildman–Crippen LogP) is -0.393. The highest BCUT2D eigenvalue weighted by atomic mass is 19.1. The first kappa shape index (κ1) is 20.3. The molecule has 3 rings (SSSR count). The highest BCUT2D eigenvalue weighted by molar-refractivity contribution is 5.97. The van der Waals surface area contributed by atoms with Gasteiger partial charge < -0.3 is 24.8 Å². The van der Waals surface area contributed by atoms with Gasteiger partial charge in [0.25, 0.3) is 5.91 Å². The SMILES string of the molecule is CCn1cc(C(=O)NCCCO)c(=O)c2cc(F)c(N3CC[NH+](C)CC3)cc21. The van der Waals surface area contributed by atoms with Crippen molar-refractivity contribution >= 4 is 22.5 Å². The normalized spacial score (nSPS) is 15.2. The number of carbonyl (C=O) groups is 1. The van der Waals surface area contributed by atoms with E-state index in [9.17, 15) is 14.0 Å². The minimum Gasteiger partial charge on any atom is -0.396 e. The summed E-state index contributed by atoms with van der Waals surface area (Å²) >= 11 is 0. The molecule has 0 atom stereocenters. The van der Waals surface area contributed by atoms with Crippen LogP contribution in [0.5, 0.6) is 0 Å². The molecule has 3 N–H and O–H groups in total. The van der Waals surface area contributed by atoms with Gasteiger partial charge in [0, 0.05) is 31.3 Å². The first-order valence-corrected chi connectivity index (χ1v) is 9.78. The average molecular weight is 391 g/mol. The fraction of sp³-hybridized carbons (Fsp3) is 0.500. The zero-order valence-electron chi connectivity index (χ0n) is 16.4. The maximum atomic E-state index is 14.9. The molecule has 0 unspecified atom stereocenters. The fourth-order valence-electron chi connectivity index (χ4n) is 3.57. The number of hydrogen-bond acceptors (Lipinski definition) is 4. The molecule has 8 heteroatoms. The second-order valence-corrected chi connectivity index (χ2v) is 7.26. The molecule has 1 saturated heterocycles. The molecule has 2 aromatic rings. The average Bonchev–Trinajstić information content (AvgIpc) is 2.69. The third-order valence-electron chi connectivity index (χ3n) is 5.31. The van der Waals surface area contributed by atoms with Crippen molar-refractivity contribution in [2.75, 3.05) is 51.3 Å². The molecule has 1 amide bonds. The summed E-state index contributed by atoms with van der Waals surface area (Å²) in [6, 6.07) is 2.98. The second-order valence-electron chi connectivity index (χ2n) is 7.26. The Balaban J connectivity index is 2.03. The van der Waals surface area contributed by atoms with E-state index in [0.29, 0.717) is 24.2 Å². The number of pyridine rings is 1. The fourth-order valence-corrected chi connectivity index (χ4v) is 3.57. The van der Waals surface area contributed by atoms with Crippen LogP contribution in [0.3, 0.4) is 0 Å². The number of aliphatic hydroxyl groups is 1. The molecule has 0 radical (unpaired) electrons. The highest BCUT2D eigenvalue weighted by Gasteiger charge is 2.22. The molecule has 2 heterocycles. The largest absolute Gasteiger partial charge is 0.396 e. The van der Waals surface area contributed by atoms with Crippen molar-refractivity contribution in [3.8, 4) is 0 Å². The quantitative estimate of drug-likeness (QED) is 0.586. The van der Waals surface area contributed by atoms with Crippen LogP contribution in [0.15, 0.2) is 23.1 Å². The molecule has 152 valence electrons. The third-order valence-corrected chi connectivity index (χ3v) is 5.31. The van der Waals surface area contributed by atoms with Crippen LogP contribution in [-0.2, 0) is 6.54 Å². The number of aliphatic hydroxyl groups excluding tert-OH is 1. The van der Waals surface area contributed by atoms with Gasteiger partial charge in [0.05, 0.1) is 44.4 Å². The summed E-state index contributed by atoms with van der Waals surface area (Å²) in [4.78, 5) is 28.7. The first-order valence-electron chi connectivity index (χ1n) is 9.78. The summed E-state index contributed by atoms with van der Waals surface area (Å²) < 4.78 is 16.7. The van der Waals surface area contributed by atoms with Crippen LogP contribution in [0, 0.1) is 5.82 Å². The number of rotatable bonds is 6. The molecule has 1 fully saturated rings. The number of nitrogens with one attached hydrogen (secondary N) is 2. The number of amides is 1. The van der Waals surface area contributed by atoms with Crippen LogP contribution in [0.2, 0.25) is 0 Å². The minimum atomic E-state index is -0.505. The predicted molar refractivity (Wildman–Crippen MR) is 107 cm³/mol. The molecule has 28 heavy (non-hydrogen) atoms. The lowest BCUT2D eigenvalue weighted by atomic mass is 10.1. The van der Waals surface area contributed by atoms with E-state index in [2.05, 4.69) is 12.4 Å². The summed E-state index contributed by atoms with van der Waals surface area (Å²) in [6.07, 6.45) is 1.95. The number of likely N-dealkylation sites (N-methyl/N-ethyl adjacent to an activating group) is 1. The van der Waals surface area contributed by atoms with E-state index in [1.165, 1.54) is 17.2 Å². The summed E-state index contributed by atoms with van der Waals surface area (Å²) in [7, 11) is 2.12. The molecular weight excluding hydrogens is 363 g/mol. The summed E-state index contributed by atoms with van der Waals surface area (Å²) in [5.41, 5.74) is 0.640. The van der Waals surface area contributed by atoms with E-state index in [0.717, 1.165) is 26.2 Å². The van der Waals surface area contributed by atoms with E-state index in [1.807, 2.05) is 16.4 Å². The third kappa shape index (κ3) is 4.02. The van der Waals surface area contributed by atoms with Crippen LogP contribution >= 0.6 is 0 Å². The Morgan fingerprint density at radius 2 is 2.04 bits per heavy atom. The van der Waals surface area contributed by atoms with E-state index in [1.54, 1.807) is 6.07 Å². The van der Waals surface area contributed by atoms with Crippen molar-refractivity contribution in [2.24, 2.45) is 0 Å². The van der Waals surface area contributed by atoms with Gasteiger partial charge in [0.15, 0.2) is 0 Å². The van der Waals surface area contributed by atoms with Gasteiger partial charge in [-0.2, -0.15) is 0 Å². The molecule has 7 nitrogen and oxygen atoms in total. The lowest BCUT2D eigenvalue weighted by Gasteiger charge is -2.32. The van der Waals surface area contributed by atoms with Gasteiger partial charge in [-0.25, -0.2) is 4.39 Å². The number of piperazine rings is 1. The smallest absolute Gasteiger partial charge is 0.256 e. The topological polar surface area (TPSA) is 79.0 Å². The van der Waals surface area contributed by atoms with Crippen molar-refractivity contribution < 1.29 is 19.2 Å². The van der Waals surface area contributed by atoms with E-state index in [-0.39, 0.29) is 24.1 Å². The van der Waals surface area contributed by atoms with Crippen LogP contribution in [0.1, 0.15) is 23.7 Å². The molecule has 0 spiro atoms. The van der Waals surface area contributed by atoms with E-state index in [4.69, 9.17) is 5.11 Å². The number of aryl methyl sites for hydroxylation is 1. The number of anilines is 1. The number of nitrogens with zero attached hydrogens (tertiary/aromatic N) is 2. The monoisotopic (exact) mass is 391 g/mol. The zero-order valence-corrected chi connectivity index (χ0v) is 16.4. The van der Waals surface area contributed by atoms with Gasteiger partial charge in [0.2, 0.25) is 5.43 Å². The Kier molecular flexibility index (Phi) is 6.31.